The Labute approximate surface area is 116 Å². The van der Waals surface area contributed by atoms with Crippen LogP contribution < -0.4 is 11.1 Å². The van der Waals surface area contributed by atoms with Crippen molar-refractivity contribution in [3.63, 3.8) is 0 Å². The second-order valence-corrected chi connectivity index (χ2v) is 4.97. The van der Waals surface area contributed by atoms with Crippen LogP contribution in [0, 0.1) is 12.7 Å². The highest BCUT2D eigenvalue weighted by atomic mass is 19.1. The minimum atomic E-state index is -0.420. The van der Waals surface area contributed by atoms with Crippen molar-refractivity contribution >= 4 is 17.3 Å². The minimum absolute atomic E-state index is 0.149. The lowest BCUT2D eigenvalue weighted by molar-refractivity contribution is 0.102. The molecular weight excluding hydrogens is 259 g/mol. The first-order valence-electron chi connectivity index (χ1n) is 6.31. The van der Waals surface area contributed by atoms with Gasteiger partial charge in [-0.15, -0.1) is 0 Å². The van der Waals surface area contributed by atoms with Gasteiger partial charge in [-0.1, -0.05) is 13.8 Å². The van der Waals surface area contributed by atoms with Crippen LogP contribution in [0.25, 0.3) is 0 Å². The van der Waals surface area contributed by atoms with E-state index in [-0.39, 0.29) is 17.4 Å². The number of nitrogen functional groups attached to an aromatic ring is 1. The van der Waals surface area contributed by atoms with Crippen molar-refractivity contribution in [2.75, 3.05) is 11.1 Å². The number of carbonyl (C=O) groups is 1. The Morgan fingerprint density at radius 2 is 2.15 bits per heavy atom. The molecule has 0 radical (unpaired) electrons. The number of hydrogen-bond donors (Lipinski definition) is 3. The summed E-state index contributed by atoms with van der Waals surface area (Å²) >= 11 is 0. The molecule has 106 valence electrons. The smallest absolute Gasteiger partial charge is 0.278 e. The molecule has 4 N–H and O–H groups in total. The first-order valence-corrected chi connectivity index (χ1v) is 6.31. The van der Waals surface area contributed by atoms with E-state index >= 15 is 0 Å². The number of benzene rings is 1. The van der Waals surface area contributed by atoms with Gasteiger partial charge in [0.25, 0.3) is 5.91 Å². The van der Waals surface area contributed by atoms with Gasteiger partial charge < -0.3 is 11.1 Å². The average molecular weight is 276 g/mol. The lowest BCUT2D eigenvalue weighted by Gasteiger charge is -2.06. The monoisotopic (exact) mass is 276 g/mol. The molecule has 0 saturated carbocycles. The fraction of sp³-hybridized carbons (Fsp3) is 0.286. The number of halogens is 1. The Hall–Kier alpha value is -2.37. The number of aryl methyl sites for hydroxylation is 1. The number of nitrogens with zero attached hydrogens (tertiary/aromatic N) is 1. The Balaban J connectivity index is 2.22. The van der Waals surface area contributed by atoms with E-state index < -0.39 is 5.91 Å². The van der Waals surface area contributed by atoms with Crippen molar-refractivity contribution < 1.29 is 9.18 Å². The van der Waals surface area contributed by atoms with Gasteiger partial charge >= 0.3 is 0 Å². The maximum absolute atomic E-state index is 13.2. The van der Waals surface area contributed by atoms with Crippen LogP contribution in [0.4, 0.5) is 15.8 Å². The van der Waals surface area contributed by atoms with Crippen molar-refractivity contribution in [1.82, 2.24) is 10.2 Å². The third-order valence-electron chi connectivity index (χ3n) is 3.04. The molecule has 0 saturated heterocycles. The van der Waals surface area contributed by atoms with E-state index in [1.165, 1.54) is 12.1 Å². The molecule has 2 rings (SSSR count). The van der Waals surface area contributed by atoms with Crippen LogP contribution in [0.3, 0.4) is 0 Å². The summed E-state index contributed by atoms with van der Waals surface area (Å²) in [6.07, 6.45) is 0. The minimum Gasteiger partial charge on any atom is -0.395 e. The molecule has 0 bridgehead atoms. The molecule has 20 heavy (non-hydrogen) atoms. The van der Waals surface area contributed by atoms with Crippen molar-refractivity contribution in [3.05, 3.63) is 41.0 Å². The number of nitrogens with two attached hydrogens (primary N) is 1. The van der Waals surface area contributed by atoms with E-state index in [0.717, 1.165) is 5.69 Å². The lowest BCUT2D eigenvalue weighted by atomic mass is 10.1. The average Bonchev–Trinajstić information content (AvgIpc) is 2.76. The Morgan fingerprint density at radius 1 is 1.45 bits per heavy atom. The topological polar surface area (TPSA) is 83.8 Å². The quantitative estimate of drug-likeness (QED) is 0.806. The predicted molar refractivity (Wildman–Crippen MR) is 76.2 cm³/mol. The zero-order chi connectivity index (χ0) is 14.9. The van der Waals surface area contributed by atoms with E-state index in [1.807, 2.05) is 13.8 Å². The molecule has 1 heterocycles. The predicted octanol–water partition coefficient (Wildman–Crippen LogP) is 2.82. The van der Waals surface area contributed by atoms with Crippen molar-refractivity contribution in [1.29, 1.82) is 0 Å². The Bertz CT molecular complexity index is 649. The standard InChI is InChI=1S/C14H17FN4O/c1-7(2)12-11(16)13(19-18-12)14(20)17-9-4-5-10(15)8(3)6-9/h4-7H,16H2,1-3H3,(H,17,20)(H,18,19). The van der Waals surface area contributed by atoms with Gasteiger partial charge in [-0.2, -0.15) is 5.10 Å². The number of hydrogen-bond acceptors (Lipinski definition) is 3. The Morgan fingerprint density at radius 3 is 2.70 bits per heavy atom. The largest absolute Gasteiger partial charge is 0.395 e. The summed E-state index contributed by atoms with van der Waals surface area (Å²) in [4.78, 5) is 12.1. The van der Waals surface area contributed by atoms with Gasteiger partial charge in [0.2, 0.25) is 0 Å². The normalized spacial score (nSPS) is 10.8. The first-order chi connectivity index (χ1) is 9.40. The highest BCUT2D eigenvalue weighted by Crippen LogP contribution is 2.23. The van der Waals surface area contributed by atoms with Gasteiger partial charge in [-0.25, -0.2) is 4.39 Å². The van der Waals surface area contributed by atoms with Crippen LogP contribution in [0.2, 0.25) is 0 Å². The van der Waals surface area contributed by atoms with Crippen LogP contribution in [-0.4, -0.2) is 16.1 Å². The molecule has 2 aromatic rings. The summed E-state index contributed by atoms with van der Waals surface area (Å²) in [6, 6.07) is 4.35. The van der Waals surface area contributed by atoms with E-state index in [1.54, 1.807) is 13.0 Å². The number of aromatic nitrogens is 2. The summed E-state index contributed by atoms with van der Waals surface area (Å²) in [6.45, 7) is 5.54. The number of rotatable bonds is 3. The number of carbonyl (C=O) groups excluding carboxylic acids is 1. The molecule has 1 aromatic carbocycles. The molecule has 0 aliphatic rings. The van der Waals surface area contributed by atoms with Crippen molar-refractivity contribution in [3.8, 4) is 0 Å². The molecular formula is C14H17FN4O. The third kappa shape index (κ3) is 2.64. The second-order valence-electron chi connectivity index (χ2n) is 4.97. The Kier molecular flexibility index (Phi) is 3.74. The van der Waals surface area contributed by atoms with Crippen molar-refractivity contribution in [2.24, 2.45) is 0 Å². The number of nitrogens with one attached hydrogen (secondary N) is 2. The van der Waals surface area contributed by atoms with Gasteiger partial charge in [-0.05, 0) is 36.6 Å². The van der Waals surface area contributed by atoms with E-state index in [0.29, 0.717) is 16.9 Å². The first kappa shape index (κ1) is 14.0. The number of anilines is 2. The second kappa shape index (κ2) is 5.32. The van der Waals surface area contributed by atoms with E-state index in [9.17, 15) is 9.18 Å². The molecule has 1 aromatic heterocycles. The van der Waals surface area contributed by atoms with Gasteiger partial charge in [0.05, 0.1) is 11.4 Å². The molecule has 5 nitrogen and oxygen atoms in total. The van der Waals surface area contributed by atoms with Gasteiger partial charge in [-0.3, -0.25) is 9.89 Å². The summed E-state index contributed by atoms with van der Waals surface area (Å²) < 4.78 is 13.2. The van der Waals surface area contributed by atoms with Gasteiger partial charge in [0.15, 0.2) is 5.69 Å². The summed E-state index contributed by atoms with van der Waals surface area (Å²) in [7, 11) is 0. The summed E-state index contributed by atoms with van der Waals surface area (Å²) in [5.74, 6) is -0.585. The molecule has 0 aliphatic carbocycles. The molecule has 6 heteroatoms. The highest BCUT2D eigenvalue weighted by Gasteiger charge is 2.19. The maximum atomic E-state index is 13.2. The summed E-state index contributed by atoms with van der Waals surface area (Å²) in [5, 5.41) is 9.35. The molecule has 0 fully saturated rings. The third-order valence-corrected chi connectivity index (χ3v) is 3.04. The molecule has 1 amide bonds. The number of aromatic amines is 1. The maximum Gasteiger partial charge on any atom is 0.278 e. The highest BCUT2D eigenvalue weighted by molar-refractivity contribution is 6.06. The van der Waals surface area contributed by atoms with Crippen LogP contribution in [0.5, 0.6) is 0 Å². The molecule has 0 atom stereocenters. The van der Waals surface area contributed by atoms with E-state index in [4.69, 9.17) is 5.73 Å². The van der Waals surface area contributed by atoms with Crippen LogP contribution in [-0.2, 0) is 0 Å². The molecule has 0 unspecified atom stereocenters. The fourth-order valence-corrected chi connectivity index (χ4v) is 1.89. The van der Waals surface area contributed by atoms with Crippen LogP contribution >= 0.6 is 0 Å². The van der Waals surface area contributed by atoms with Crippen LogP contribution in [0.15, 0.2) is 18.2 Å². The van der Waals surface area contributed by atoms with E-state index in [2.05, 4.69) is 15.5 Å². The molecule has 0 spiro atoms. The number of H-pyrrole nitrogens is 1. The zero-order valence-corrected chi connectivity index (χ0v) is 11.6. The van der Waals surface area contributed by atoms with Crippen LogP contribution in [0.1, 0.15) is 41.5 Å². The molecule has 0 aliphatic heterocycles. The van der Waals surface area contributed by atoms with Gasteiger partial charge in [0.1, 0.15) is 5.82 Å². The SMILES string of the molecule is Cc1cc(NC(=O)c2n[nH]c(C(C)C)c2N)ccc1F. The van der Waals surface area contributed by atoms with Gasteiger partial charge in [0, 0.05) is 5.69 Å². The number of amides is 1. The fourth-order valence-electron chi connectivity index (χ4n) is 1.89. The lowest BCUT2D eigenvalue weighted by Crippen LogP contribution is -2.14. The zero-order valence-electron chi connectivity index (χ0n) is 11.6. The summed E-state index contributed by atoms with van der Waals surface area (Å²) in [5.41, 5.74) is 8.08. The van der Waals surface area contributed by atoms with Crippen molar-refractivity contribution in [2.45, 2.75) is 26.7 Å².